The van der Waals surface area contributed by atoms with E-state index in [2.05, 4.69) is 9.72 Å². The Labute approximate surface area is 161 Å². The van der Waals surface area contributed by atoms with Gasteiger partial charge >= 0.3 is 5.97 Å². The Kier molecular flexibility index (Phi) is 6.03. The second-order valence-electron chi connectivity index (χ2n) is 6.65. The van der Waals surface area contributed by atoms with Gasteiger partial charge in [0, 0.05) is 23.7 Å². The molecule has 0 aliphatic heterocycles. The van der Waals surface area contributed by atoms with Crippen molar-refractivity contribution in [2.24, 2.45) is 0 Å². The van der Waals surface area contributed by atoms with E-state index < -0.39 is 10.9 Å². The van der Waals surface area contributed by atoms with Gasteiger partial charge in [-0.15, -0.1) is 0 Å². The van der Waals surface area contributed by atoms with E-state index in [1.807, 2.05) is 0 Å². The summed E-state index contributed by atoms with van der Waals surface area (Å²) in [7, 11) is 1.25. The van der Waals surface area contributed by atoms with E-state index in [0.29, 0.717) is 5.56 Å². The highest BCUT2D eigenvalue weighted by Crippen LogP contribution is 2.26. The van der Waals surface area contributed by atoms with E-state index in [4.69, 9.17) is 4.42 Å². The van der Waals surface area contributed by atoms with Gasteiger partial charge in [-0.3, -0.25) is 14.9 Å². The molecule has 1 fully saturated rings. The molecule has 0 spiro atoms. The first-order valence-corrected chi connectivity index (χ1v) is 9.07. The van der Waals surface area contributed by atoms with Gasteiger partial charge in [0.25, 0.3) is 11.6 Å². The van der Waals surface area contributed by atoms with Gasteiger partial charge in [-0.1, -0.05) is 19.3 Å². The second-order valence-corrected chi connectivity index (χ2v) is 6.65. The van der Waals surface area contributed by atoms with Crippen LogP contribution in [0.2, 0.25) is 0 Å². The molecule has 1 saturated carbocycles. The number of nitrogens with zero attached hydrogens (tertiary/aromatic N) is 3. The van der Waals surface area contributed by atoms with Crippen molar-refractivity contribution in [1.82, 2.24) is 9.88 Å². The molecule has 1 amide bonds. The molecule has 2 aromatic rings. The molecule has 3 rings (SSSR count). The van der Waals surface area contributed by atoms with E-state index in [1.54, 1.807) is 4.90 Å². The highest BCUT2D eigenvalue weighted by atomic mass is 16.6. The van der Waals surface area contributed by atoms with Crippen LogP contribution in [-0.2, 0) is 11.3 Å². The second kappa shape index (κ2) is 8.64. The highest BCUT2D eigenvalue weighted by molar-refractivity contribution is 5.94. The quantitative estimate of drug-likeness (QED) is 0.424. The van der Waals surface area contributed by atoms with Gasteiger partial charge in [-0.25, -0.2) is 9.78 Å². The van der Waals surface area contributed by atoms with Gasteiger partial charge in [0.2, 0.25) is 5.89 Å². The lowest BCUT2D eigenvalue weighted by Crippen LogP contribution is -2.41. The van der Waals surface area contributed by atoms with Crippen molar-refractivity contribution >= 4 is 17.6 Å². The van der Waals surface area contributed by atoms with Crippen LogP contribution in [0.3, 0.4) is 0 Å². The molecule has 9 nitrogen and oxygen atoms in total. The summed E-state index contributed by atoms with van der Waals surface area (Å²) < 4.78 is 9.97. The summed E-state index contributed by atoms with van der Waals surface area (Å²) in [6.45, 7) is 0.109. The van der Waals surface area contributed by atoms with Crippen LogP contribution in [0.1, 0.15) is 58.8 Å². The predicted molar refractivity (Wildman–Crippen MR) is 97.7 cm³/mol. The summed E-state index contributed by atoms with van der Waals surface area (Å²) in [6, 6.07) is 5.54. The lowest BCUT2D eigenvalue weighted by molar-refractivity contribution is -0.384. The predicted octanol–water partition coefficient (Wildman–Crippen LogP) is 3.34. The number of carbonyl (C=O) groups excluding carboxylic acids is 2. The molecule has 0 saturated heterocycles. The number of aromatic nitrogens is 1. The molecule has 0 radical (unpaired) electrons. The van der Waals surface area contributed by atoms with Gasteiger partial charge in [0.15, 0.2) is 5.69 Å². The Bertz CT molecular complexity index is 855. The van der Waals surface area contributed by atoms with Crippen molar-refractivity contribution in [3.63, 3.8) is 0 Å². The Morgan fingerprint density at radius 2 is 1.93 bits per heavy atom. The fourth-order valence-electron chi connectivity index (χ4n) is 3.38. The number of nitro benzene ring substituents is 1. The zero-order chi connectivity index (χ0) is 20.1. The smallest absolute Gasteiger partial charge is 0.360 e. The van der Waals surface area contributed by atoms with Crippen LogP contribution in [0, 0.1) is 10.1 Å². The first-order chi connectivity index (χ1) is 13.5. The number of amides is 1. The molecule has 28 heavy (non-hydrogen) atoms. The van der Waals surface area contributed by atoms with Gasteiger partial charge in [-0.05, 0) is 25.0 Å². The summed E-state index contributed by atoms with van der Waals surface area (Å²) in [6.07, 6.45) is 6.10. The molecule has 0 atom stereocenters. The van der Waals surface area contributed by atoms with Crippen molar-refractivity contribution in [2.45, 2.75) is 44.7 Å². The van der Waals surface area contributed by atoms with Crippen LogP contribution in [0.4, 0.5) is 5.69 Å². The molecule has 0 N–H and O–H groups in total. The topological polar surface area (TPSA) is 116 Å². The standard InChI is InChI=1S/C19H21N3O6/c1-27-19(24)16-12-28-17(20-16)11-21(14-5-3-2-4-6-14)18(23)13-7-9-15(10-8-13)22(25)26/h7-10,12,14H,2-6,11H2,1H3. The Balaban J connectivity index is 1.83. The SMILES string of the molecule is COC(=O)c1coc(CN(C(=O)c2ccc([N+](=O)[O-])cc2)C2CCCCC2)n1. The molecular weight excluding hydrogens is 366 g/mol. The number of non-ortho nitro benzene ring substituents is 1. The molecule has 148 valence electrons. The number of rotatable bonds is 6. The highest BCUT2D eigenvalue weighted by Gasteiger charge is 2.28. The summed E-state index contributed by atoms with van der Waals surface area (Å²) in [5.74, 6) is -0.623. The number of hydrogen-bond donors (Lipinski definition) is 0. The average molecular weight is 387 g/mol. The van der Waals surface area contributed by atoms with E-state index in [-0.39, 0.29) is 35.8 Å². The van der Waals surface area contributed by atoms with Crippen molar-refractivity contribution < 1.29 is 23.7 Å². The summed E-state index contributed by atoms with van der Waals surface area (Å²) in [5, 5.41) is 10.8. The zero-order valence-electron chi connectivity index (χ0n) is 15.5. The largest absolute Gasteiger partial charge is 0.464 e. The molecule has 9 heteroatoms. The minimum atomic E-state index is -0.610. The number of ether oxygens (including phenoxy) is 1. The fraction of sp³-hybridized carbons (Fsp3) is 0.421. The van der Waals surface area contributed by atoms with E-state index in [1.165, 1.54) is 37.6 Å². The maximum Gasteiger partial charge on any atom is 0.360 e. The molecular formula is C19H21N3O6. The lowest BCUT2D eigenvalue weighted by atomic mass is 9.93. The van der Waals surface area contributed by atoms with Crippen molar-refractivity contribution in [3.8, 4) is 0 Å². The number of methoxy groups -OCH3 is 1. The molecule has 0 unspecified atom stereocenters. The third-order valence-corrected chi connectivity index (χ3v) is 4.85. The van der Waals surface area contributed by atoms with E-state index in [9.17, 15) is 19.7 Å². The summed E-state index contributed by atoms with van der Waals surface area (Å²) in [4.78, 5) is 40.8. The van der Waals surface area contributed by atoms with Crippen molar-refractivity contribution in [3.05, 3.63) is 57.8 Å². The lowest BCUT2D eigenvalue weighted by Gasteiger charge is -2.33. The molecule has 1 aliphatic rings. The van der Waals surface area contributed by atoms with Gasteiger partial charge in [-0.2, -0.15) is 0 Å². The Morgan fingerprint density at radius 3 is 2.54 bits per heavy atom. The Hall–Kier alpha value is -3.23. The summed E-state index contributed by atoms with van der Waals surface area (Å²) >= 11 is 0. The average Bonchev–Trinajstić information content (AvgIpc) is 3.20. The van der Waals surface area contributed by atoms with E-state index in [0.717, 1.165) is 32.1 Å². The normalized spacial score (nSPS) is 14.5. The van der Waals surface area contributed by atoms with Crippen molar-refractivity contribution in [1.29, 1.82) is 0 Å². The van der Waals surface area contributed by atoms with Crippen LogP contribution in [0.25, 0.3) is 0 Å². The maximum absolute atomic E-state index is 13.1. The van der Waals surface area contributed by atoms with E-state index >= 15 is 0 Å². The Morgan fingerprint density at radius 1 is 1.25 bits per heavy atom. The maximum atomic E-state index is 13.1. The van der Waals surface area contributed by atoms with Crippen LogP contribution in [0.5, 0.6) is 0 Å². The molecule has 1 aromatic heterocycles. The van der Waals surface area contributed by atoms with Crippen LogP contribution in [-0.4, -0.2) is 39.8 Å². The van der Waals surface area contributed by atoms with Crippen molar-refractivity contribution in [2.75, 3.05) is 7.11 Å². The third-order valence-electron chi connectivity index (χ3n) is 4.85. The van der Waals surface area contributed by atoms with Gasteiger partial charge in [0.05, 0.1) is 18.6 Å². The first kappa shape index (κ1) is 19.5. The number of nitro groups is 1. The third kappa shape index (κ3) is 4.36. The molecule has 1 aliphatic carbocycles. The number of benzene rings is 1. The zero-order valence-corrected chi connectivity index (χ0v) is 15.5. The summed E-state index contributed by atoms with van der Waals surface area (Å²) in [5.41, 5.74) is 0.330. The monoisotopic (exact) mass is 387 g/mol. The molecule has 0 bridgehead atoms. The van der Waals surface area contributed by atoms with Gasteiger partial charge < -0.3 is 14.1 Å². The minimum absolute atomic E-state index is 0.0184. The van der Waals surface area contributed by atoms with Crippen LogP contribution >= 0.6 is 0 Å². The molecule has 1 aromatic carbocycles. The first-order valence-electron chi connectivity index (χ1n) is 9.07. The number of carbonyl (C=O) groups is 2. The van der Waals surface area contributed by atoms with Crippen LogP contribution < -0.4 is 0 Å². The minimum Gasteiger partial charge on any atom is -0.464 e. The molecule has 1 heterocycles. The number of oxazole rings is 1. The number of hydrogen-bond acceptors (Lipinski definition) is 7. The van der Waals surface area contributed by atoms with Gasteiger partial charge in [0.1, 0.15) is 6.26 Å². The fourth-order valence-corrected chi connectivity index (χ4v) is 3.38. The van der Waals surface area contributed by atoms with Crippen LogP contribution in [0.15, 0.2) is 34.9 Å². The number of esters is 1.